The first-order chi connectivity index (χ1) is 15.6. The number of fused-ring (bicyclic) bond motifs is 1. The molecule has 0 radical (unpaired) electrons. The molecule has 0 saturated heterocycles. The molecule has 0 heterocycles. The van der Waals surface area contributed by atoms with E-state index in [0.29, 0.717) is 5.75 Å². The van der Waals surface area contributed by atoms with Crippen molar-refractivity contribution in [2.75, 3.05) is 0 Å². The zero-order chi connectivity index (χ0) is 22.1. The van der Waals surface area contributed by atoms with Crippen molar-refractivity contribution in [1.82, 2.24) is 0 Å². The van der Waals surface area contributed by atoms with Crippen LogP contribution >= 0.6 is 0 Å². The predicted octanol–water partition coefficient (Wildman–Crippen LogP) is 4.31. The van der Waals surface area contributed by atoms with Gasteiger partial charge in [-0.2, -0.15) is 0 Å². The van der Waals surface area contributed by atoms with E-state index >= 15 is 0 Å². The summed E-state index contributed by atoms with van der Waals surface area (Å²) in [4.78, 5) is 25.7. The number of aliphatic carboxylic acids is 1. The number of ether oxygens (including phenoxy) is 1. The van der Waals surface area contributed by atoms with Crippen LogP contribution in [0.4, 0.5) is 0 Å². The molecule has 1 aliphatic rings. The molecule has 4 nitrogen and oxygen atoms in total. The Balaban J connectivity index is 1.55. The molecule has 0 aliphatic heterocycles. The third-order valence-electron chi connectivity index (χ3n) is 6.42. The molecule has 1 fully saturated rings. The van der Waals surface area contributed by atoms with Gasteiger partial charge in [-0.15, -0.1) is 0 Å². The summed E-state index contributed by atoms with van der Waals surface area (Å²) >= 11 is 0. The number of esters is 1. The number of rotatable bonds is 5. The molecular formula is C28H21O4-. The fourth-order valence-electron chi connectivity index (χ4n) is 4.98. The van der Waals surface area contributed by atoms with Crippen LogP contribution in [-0.2, 0) is 9.59 Å². The van der Waals surface area contributed by atoms with E-state index in [9.17, 15) is 14.7 Å². The molecule has 4 aromatic rings. The minimum absolute atomic E-state index is 0.429. The molecule has 5 rings (SSSR count). The van der Waals surface area contributed by atoms with Gasteiger partial charge in [-0.25, -0.2) is 0 Å². The molecule has 4 heteroatoms. The van der Waals surface area contributed by atoms with Gasteiger partial charge in [0.1, 0.15) is 5.75 Å². The minimum Gasteiger partial charge on any atom is -0.550 e. The highest BCUT2D eigenvalue weighted by molar-refractivity contribution is 5.92. The number of hydrogen-bond donors (Lipinski definition) is 0. The number of benzene rings is 4. The second-order valence-electron chi connectivity index (χ2n) is 8.14. The van der Waals surface area contributed by atoms with Crippen LogP contribution in [0.5, 0.6) is 5.75 Å². The molecule has 0 bridgehead atoms. The lowest BCUT2D eigenvalue weighted by Gasteiger charge is -2.51. The van der Waals surface area contributed by atoms with Crippen LogP contribution < -0.4 is 9.84 Å². The molecule has 0 amide bonds. The second kappa shape index (κ2) is 8.31. The SMILES string of the molecule is O=C([O-])C1C(c2ccccc2)C(C(=O)Oc2cccc3ccccc23)C1c1ccccc1. The summed E-state index contributed by atoms with van der Waals surface area (Å²) in [5.41, 5.74) is 1.60. The quantitative estimate of drug-likeness (QED) is 0.356. The Morgan fingerprint density at radius 3 is 1.75 bits per heavy atom. The third-order valence-corrected chi connectivity index (χ3v) is 6.42. The van der Waals surface area contributed by atoms with E-state index < -0.39 is 35.6 Å². The summed E-state index contributed by atoms with van der Waals surface area (Å²) in [6.07, 6.45) is 0. The summed E-state index contributed by atoms with van der Waals surface area (Å²) < 4.78 is 5.91. The predicted molar refractivity (Wildman–Crippen MR) is 120 cm³/mol. The second-order valence-corrected chi connectivity index (χ2v) is 8.14. The van der Waals surface area contributed by atoms with E-state index in [0.717, 1.165) is 21.9 Å². The maximum Gasteiger partial charge on any atom is 0.315 e. The summed E-state index contributed by atoms with van der Waals surface area (Å²) in [6, 6.07) is 31.9. The smallest absolute Gasteiger partial charge is 0.315 e. The van der Waals surface area contributed by atoms with Gasteiger partial charge < -0.3 is 14.6 Å². The molecule has 32 heavy (non-hydrogen) atoms. The number of carbonyl (C=O) groups excluding carboxylic acids is 2. The lowest BCUT2D eigenvalue weighted by atomic mass is 9.52. The van der Waals surface area contributed by atoms with Gasteiger partial charge in [0.25, 0.3) is 0 Å². The van der Waals surface area contributed by atoms with Crippen LogP contribution in [0.15, 0.2) is 103 Å². The molecule has 0 aromatic heterocycles. The first-order valence-corrected chi connectivity index (χ1v) is 10.7. The summed E-state index contributed by atoms with van der Waals surface area (Å²) in [5, 5.41) is 14.0. The molecule has 158 valence electrons. The van der Waals surface area contributed by atoms with Crippen molar-refractivity contribution in [2.45, 2.75) is 11.8 Å². The number of carbonyl (C=O) groups is 2. The van der Waals surface area contributed by atoms with Crippen LogP contribution in [0, 0.1) is 11.8 Å². The monoisotopic (exact) mass is 421 g/mol. The van der Waals surface area contributed by atoms with Crippen molar-refractivity contribution < 1.29 is 19.4 Å². The first-order valence-electron chi connectivity index (χ1n) is 10.7. The average Bonchev–Trinajstić information content (AvgIpc) is 2.80. The number of carboxylic acid groups (broad SMARTS) is 1. The van der Waals surface area contributed by atoms with Crippen molar-refractivity contribution in [3.05, 3.63) is 114 Å². The highest BCUT2D eigenvalue weighted by Crippen LogP contribution is 2.57. The van der Waals surface area contributed by atoms with Gasteiger partial charge in [0.2, 0.25) is 0 Å². The van der Waals surface area contributed by atoms with Crippen LogP contribution in [-0.4, -0.2) is 11.9 Å². The Labute approximate surface area is 186 Å². The normalized spacial score (nSPS) is 22.1. The van der Waals surface area contributed by atoms with Crippen molar-refractivity contribution >= 4 is 22.7 Å². The van der Waals surface area contributed by atoms with E-state index in [1.807, 2.05) is 97.1 Å². The van der Waals surface area contributed by atoms with Crippen molar-refractivity contribution in [1.29, 1.82) is 0 Å². The van der Waals surface area contributed by atoms with Crippen LogP contribution in [0.2, 0.25) is 0 Å². The van der Waals surface area contributed by atoms with Crippen LogP contribution in [0.25, 0.3) is 10.8 Å². The maximum absolute atomic E-state index is 13.5. The van der Waals surface area contributed by atoms with Gasteiger partial charge in [0, 0.05) is 29.1 Å². The van der Waals surface area contributed by atoms with Crippen LogP contribution in [0.3, 0.4) is 0 Å². The Kier molecular flexibility index (Phi) is 5.20. The van der Waals surface area contributed by atoms with E-state index in [1.54, 1.807) is 6.07 Å². The van der Waals surface area contributed by atoms with E-state index in [1.165, 1.54) is 0 Å². The minimum atomic E-state index is -1.15. The van der Waals surface area contributed by atoms with Gasteiger partial charge >= 0.3 is 5.97 Å². The van der Waals surface area contributed by atoms with Gasteiger partial charge in [0.15, 0.2) is 0 Å². The highest BCUT2D eigenvalue weighted by Gasteiger charge is 2.56. The molecule has 1 aliphatic carbocycles. The Morgan fingerprint density at radius 2 is 1.16 bits per heavy atom. The molecular weight excluding hydrogens is 400 g/mol. The highest BCUT2D eigenvalue weighted by atomic mass is 16.5. The fraction of sp³-hybridized carbons (Fsp3) is 0.143. The molecule has 2 atom stereocenters. The molecule has 2 unspecified atom stereocenters. The summed E-state index contributed by atoms with van der Waals surface area (Å²) in [5.74, 6) is -3.60. The molecule has 0 N–H and O–H groups in total. The Bertz CT molecular complexity index is 1210. The molecule has 1 saturated carbocycles. The standard InChI is InChI=1S/C28H22O4/c29-27(30)25-23(19-11-3-1-4-12-19)26(24(25)20-13-5-2-6-14-20)28(31)32-22-17-9-15-18-10-7-8-16-21(18)22/h1-17,23-26H,(H,29,30)/p-1. The van der Waals surface area contributed by atoms with E-state index in [4.69, 9.17) is 4.74 Å². The van der Waals surface area contributed by atoms with Gasteiger partial charge in [-0.05, 0) is 22.6 Å². The maximum atomic E-state index is 13.5. The lowest BCUT2D eigenvalue weighted by molar-refractivity contribution is -0.317. The number of hydrogen-bond acceptors (Lipinski definition) is 4. The topological polar surface area (TPSA) is 66.4 Å². The largest absolute Gasteiger partial charge is 0.550 e. The molecule has 0 spiro atoms. The summed E-state index contributed by atoms with van der Waals surface area (Å²) in [7, 11) is 0. The first kappa shape index (κ1) is 20.0. The molecule has 4 aromatic carbocycles. The Morgan fingerprint density at radius 1 is 0.625 bits per heavy atom. The fourth-order valence-corrected chi connectivity index (χ4v) is 4.98. The lowest BCUT2D eigenvalue weighted by Crippen LogP contribution is -2.55. The van der Waals surface area contributed by atoms with Crippen LogP contribution in [0.1, 0.15) is 23.0 Å². The van der Waals surface area contributed by atoms with Crippen molar-refractivity contribution in [3.8, 4) is 5.75 Å². The zero-order valence-corrected chi connectivity index (χ0v) is 17.3. The van der Waals surface area contributed by atoms with Gasteiger partial charge in [-0.3, -0.25) is 4.79 Å². The van der Waals surface area contributed by atoms with Crippen molar-refractivity contribution in [2.24, 2.45) is 11.8 Å². The average molecular weight is 421 g/mol. The zero-order valence-electron chi connectivity index (χ0n) is 17.3. The third kappa shape index (κ3) is 3.44. The van der Waals surface area contributed by atoms with Gasteiger partial charge in [-0.1, -0.05) is 97.1 Å². The van der Waals surface area contributed by atoms with E-state index in [-0.39, 0.29) is 0 Å². The van der Waals surface area contributed by atoms with Crippen molar-refractivity contribution in [3.63, 3.8) is 0 Å². The van der Waals surface area contributed by atoms with Gasteiger partial charge in [0.05, 0.1) is 5.92 Å². The summed E-state index contributed by atoms with van der Waals surface area (Å²) in [6.45, 7) is 0. The van der Waals surface area contributed by atoms with E-state index in [2.05, 4.69) is 0 Å². The Hall–Kier alpha value is -3.92. The number of carboxylic acids is 1.